The van der Waals surface area contributed by atoms with Crippen LogP contribution in [0, 0.1) is 13.8 Å². The SMILES string of the molecule is Cc1c[nH]c(C)c1-c1ccc(OCc2ccccc2)cc1. The highest BCUT2D eigenvalue weighted by molar-refractivity contribution is 5.70. The number of aryl methyl sites for hydroxylation is 2. The molecule has 0 saturated carbocycles. The molecule has 0 atom stereocenters. The number of H-pyrrole nitrogens is 1. The van der Waals surface area contributed by atoms with Gasteiger partial charge < -0.3 is 9.72 Å². The van der Waals surface area contributed by atoms with Crippen LogP contribution in [-0.2, 0) is 6.61 Å². The Balaban J connectivity index is 1.73. The van der Waals surface area contributed by atoms with Gasteiger partial charge in [-0.1, -0.05) is 42.5 Å². The average molecular weight is 277 g/mol. The number of aromatic amines is 1. The van der Waals surface area contributed by atoms with Gasteiger partial charge in [-0.25, -0.2) is 0 Å². The van der Waals surface area contributed by atoms with Crippen molar-refractivity contribution in [1.82, 2.24) is 4.98 Å². The quantitative estimate of drug-likeness (QED) is 0.722. The van der Waals surface area contributed by atoms with Gasteiger partial charge >= 0.3 is 0 Å². The minimum Gasteiger partial charge on any atom is -0.489 e. The molecule has 106 valence electrons. The first-order valence-corrected chi connectivity index (χ1v) is 7.16. The van der Waals surface area contributed by atoms with Crippen LogP contribution in [-0.4, -0.2) is 4.98 Å². The van der Waals surface area contributed by atoms with E-state index >= 15 is 0 Å². The highest BCUT2D eigenvalue weighted by Gasteiger charge is 2.07. The van der Waals surface area contributed by atoms with Crippen LogP contribution in [0.3, 0.4) is 0 Å². The lowest BCUT2D eigenvalue weighted by Gasteiger charge is -2.08. The maximum absolute atomic E-state index is 5.82. The van der Waals surface area contributed by atoms with Crippen LogP contribution < -0.4 is 4.74 Å². The molecule has 2 heteroatoms. The molecule has 0 unspecified atom stereocenters. The third-order valence-corrected chi connectivity index (χ3v) is 3.67. The van der Waals surface area contributed by atoms with E-state index in [9.17, 15) is 0 Å². The smallest absolute Gasteiger partial charge is 0.119 e. The van der Waals surface area contributed by atoms with E-state index in [0.717, 1.165) is 5.75 Å². The molecule has 1 heterocycles. The zero-order valence-corrected chi connectivity index (χ0v) is 12.4. The molecule has 3 rings (SSSR count). The fourth-order valence-electron chi connectivity index (χ4n) is 2.56. The highest BCUT2D eigenvalue weighted by atomic mass is 16.5. The summed E-state index contributed by atoms with van der Waals surface area (Å²) in [6.07, 6.45) is 2.05. The molecule has 0 radical (unpaired) electrons. The van der Waals surface area contributed by atoms with Gasteiger partial charge in [0.05, 0.1) is 0 Å². The molecule has 2 aromatic carbocycles. The molecule has 0 aliphatic heterocycles. The molecule has 1 N–H and O–H groups in total. The maximum Gasteiger partial charge on any atom is 0.119 e. The number of nitrogens with one attached hydrogen (secondary N) is 1. The van der Waals surface area contributed by atoms with Gasteiger partial charge in [-0.3, -0.25) is 0 Å². The van der Waals surface area contributed by atoms with Crippen molar-refractivity contribution in [3.05, 3.63) is 77.6 Å². The molecular weight excluding hydrogens is 258 g/mol. The summed E-state index contributed by atoms with van der Waals surface area (Å²) in [5, 5.41) is 0. The number of ether oxygens (including phenoxy) is 1. The van der Waals surface area contributed by atoms with E-state index in [-0.39, 0.29) is 0 Å². The first kappa shape index (κ1) is 13.5. The lowest BCUT2D eigenvalue weighted by molar-refractivity contribution is 0.306. The number of benzene rings is 2. The molecule has 1 aromatic heterocycles. The molecule has 0 aliphatic carbocycles. The molecule has 0 saturated heterocycles. The predicted octanol–water partition coefficient (Wildman–Crippen LogP) is 4.88. The Kier molecular flexibility index (Phi) is 3.78. The highest BCUT2D eigenvalue weighted by Crippen LogP contribution is 2.28. The third kappa shape index (κ3) is 3.00. The van der Waals surface area contributed by atoms with E-state index < -0.39 is 0 Å². The van der Waals surface area contributed by atoms with Crippen LogP contribution in [0.1, 0.15) is 16.8 Å². The van der Waals surface area contributed by atoms with Gasteiger partial charge in [0.25, 0.3) is 0 Å². The maximum atomic E-state index is 5.82. The lowest BCUT2D eigenvalue weighted by atomic mass is 10.0. The first-order chi connectivity index (χ1) is 10.2. The van der Waals surface area contributed by atoms with Gasteiger partial charge in [0, 0.05) is 17.5 Å². The summed E-state index contributed by atoms with van der Waals surface area (Å²) >= 11 is 0. The fraction of sp³-hybridized carbons (Fsp3) is 0.158. The van der Waals surface area contributed by atoms with Crippen molar-refractivity contribution >= 4 is 0 Å². The van der Waals surface area contributed by atoms with Crippen molar-refractivity contribution in [3.8, 4) is 16.9 Å². The van der Waals surface area contributed by atoms with Crippen LogP contribution in [0.25, 0.3) is 11.1 Å². The zero-order valence-electron chi connectivity index (χ0n) is 12.4. The van der Waals surface area contributed by atoms with Gasteiger partial charge in [0.2, 0.25) is 0 Å². The Labute approximate surface area is 125 Å². The van der Waals surface area contributed by atoms with Crippen LogP contribution in [0.2, 0.25) is 0 Å². The largest absolute Gasteiger partial charge is 0.489 e. The van der Waals surface area contributed by atoms with Crippen molar-refractivity contribution in [2.75, 3.05) is 0 Å². The second-order valence-corrected chi connectivity index (χ2v) is 5.27. The molecular formula is C19H19NO. The molecule has 3 aromatic rings. The van der Waals surface area contributed by atoms with E-state index in [1.54, 1.807) is 0 Å². The Hall–Kier alpha value is -2.48. The standard InChI is InChI=1S/C19H19NO/c1-14-12-20-15(2)19(14)17-8-10-18(11-9-17)21-13-16-6-4-3-5-7-16/h3-12,20H,13H2,1-2H3. The second-order valence-electron chi connectivity index (χ2n) is 5.27. The van der Waals surface area contributed by atoms with E-state index in [2.05, 4.69) is 43.1 Å². The normalized spacial score (nSPS) is 10.6. The summed E-state index contributed by atoms with van der Waals surface area (Å²) < 4.78 is 5.82. The minimum atomic E-state index is 0.600. The number of rotatable bonds is 4. The minimum absolute atomic E-state index is 0.600. The third-order valence-electron chi connectivity index (χ3n) is 3.67. The van der Waals surface area contributed by atoms with Crippen LogP contribution in [0.15, 0.2) is 60.8 Å². The van der Waals surface area contributed by atoms with Crippen LogP contribution >= 0.6 is 0 Å². The van der Waals surface area contributed by atoms with E-state index in [0.29, 0.717) is 6.61 Å². The monoisotopic (exact) mass is 277 g/mol. The molecule has 0 bridgehead atoms. The van der Waals surface area contributed by atoms with Crippen LogP contribution in [0.4, 0.5) is 0 Å². The van der Waals surface area contributed by atoms with Crippen LogP contribution in [0.5, 0.6) is 5.75 Å². The molecule has 21 heavy (non-hydrogen) atoms. The summed E-state index contributed by atoms with van der Waals surface area (Å²) in [4.78, 5) is 3.27. The van der Waals surface area contributed by atoms with Crippen molar-refractivity contribution < 1.29 is 4.74 Å². The van der Waals surface area contributed by atoms with Crippen molar-refractivity contribution in [3.63, 3.8) is 0 Å². The number of aromatic nitrogens is 1. The molecule has 0 fully saturated rings. The predicted molar refractivity (Wildman–Crippen MR) is 86.5 cm³/mol. The van der Waals surface area contributed by atoms with E-state index in [1.165, 1.54) is 27.9 Å². The average Bonchev–Trinajstić information content (AvgIpc) is 2.86. The van der Waals surface area contributed by atoms with Gasteiger partial charge in [0.15, 0.2) is 0 Å². The van der Waals surface area contributed by atoms with Gasteiger partial charge in [-0.05, 0) is 42.7 Å². The molecule has 0 amide bonds. The molecule has 2 nitrogen and oxygen atoms in total. The first-order valence-electron chi connectivity index (χ1n) is 7.16. The fourth-order valence-corrected chi connectivity index (χ4v) is 2.56. The topological polar surface area (TPSA) is 25.0 Å². The summed E-state index contributed by atoms with van der Waals surface area (Å²) in [6, 6.07) is 18.5. The Morgan fingerprint density at radius 3 is 2.24 bits per heavy atom. The summed E-state index contributed by atoms with van der Waals surface area (Å²) in [7, 11) is 0. The van der Waals surface area contributed by atoms with Gasteiger partial charge in [-0.15, -0.1) is 0 Å². The van der Waals surface area contributed by atoms with Crippen molar-refractivity contribution in [1.29, 1.82) is 0 Å². The van der Waals surface area contributed by atoms with Crippen molar-refractivity contribution in [2.45, 2.75) is 20.5 Å². The number of hydrogen-bond acceptors (Lipinski definition) is 1. The van der Waals surface area contributed by atoms with Gasteiger partial charge in [-0.2, -0.15) is 0 Å². The zero-order chi connectivity index (χ0) is 14.7. The van der Waals surface area contributed by atoms with E-state index in [4.69, 9.17) is 4.74 Å². The summed E-state index contributed by atoms with van der Waals surface area (Å²) in [5.74, 6) is 0.897. The van der Waals surface area contributed by atoms with Gasteiger partial charge in [0.1, 0.15) is 12.4 Å². The number of hydrogen-bond donors (Lipinski definition) is 1. The molecule has 0 spiro atoms. The Morgan fingerprint density at radius 1 is 0.905 bits per heavy atom. The summed E-state index contributed by atoms with van der Waals surface area (Å²) in [5.41, 5.74) is 6.15. The Morgan fingerprint density at radius 2 is 1.62 bits per heavy atom. The molecule has 0 aliphatic rings. The van der Waals surface area contributed by atoms with E-state index in [1.807, 2.05) is 36.5 Å². The Bertz CT molecular complexity index is 692. The summed E-state index contributed by atoms with van der Waals surface area (Å²) in [6.45, 7) is 4.82. The van der Waals surface area contributed by atoms with Crippen molar-refractivity contribution in [2.24, 2.45) is 0 Å². The lowest BCUT2D eigenvalue weighted by Crippen LogP contribution is -1.94. The second kappa shape index (κ2) is 5.88.